The molecule has 11 heteroatoms. The van der Waals surface area contributed by atoms with Gasteiger partial charge in [0.15, 0.2) is 0 Å². The molecule has 0 fully saturated rings. The fraction of sp³-hybridized carbons (Fsp3) is 1.00. The summed E-state index contributed by atoms with van der Waals surface area (Å²) in [6, 6.07) is 0. The first kappa shape index (κ1) is 16.2. The van der Waals surface area contributed by atoms with Crippen LogP contribution in [-0.4, -0.2) is 30.4 Å². The summed E-state index contributed by atoms with van der Waals surface area (Å²) in [6.45, 7) is 0. The zero-order valence-electron chi connectivity index (χ0n) is 7.44. The van der Waals surface area contributed by atoms with E-state index in [1.54, 1.807) is 0 Å². The lowest BCUT2D eigenvalue weighted by molar-refractivity contribution is -0.361. The number of hydrogen-bond acceptors (Lipinski definition) is 0. The molecule has 0 heterocycles. The Morgan fingerprint density at radius 2 is 1.06 bits per heavy atom. The molecule has 0 amide bonds. The van der Waals surface area contributed by atoms with Gasteiger partial charge in [-0.3, -0.25) is 0 Å². The van der Waals surface area contributed by atoms with Crippen LogP contribution in [0.15, 0.2) is 0 Å². The van der Waals surface area contributed by atoms with E-state index < -0.39 is 36.8 Å². The lowest BCUT2D eigenvalue weighted by Gasteiger charge is -2.29. The average Bonchev–Trinajstić information content (AvgIpc) is 1.98. The van der Waals surface area contributed by atoms with Crippen LogP contribution in [0.25, 0.3) is 0 Å². The molecule has 17 heavy (non-hydrogen) atoms. The van der Waals surface area contributed by atoms with Gasteiger partial charge in [-0.05, 0) is 0 Å². The molecule has 0 aliphatic rings. The van der Waals surface area contributed by atoms with Crippen molar-refractivity contribution in [2.24, 2.45) is 0 Å². The fourth-order valence-corrected chi connectivity index (χ4v) is 0.676. The highest BCUT2D eigenvalue weighted by atomic mass is 19.4. The van der Waals surface area contributed by atoms with Gasteiger partial charge in [-0.1, -0.05) is 0 Å². The second-order valence-corrected chi connectivity index (χ2v) is 2.99. The monoisotopic (exact) mass is 284 g/mol. The summed E-state index contributed by atoms with van der Waals surface area (Å²) in [5.41, 5.74) is 0. The second-order valence-electron chi connectivity index (χ2n) is 2.99. The number of rotatable bonds is 3. The van der Waals surface area contributed by atoms with Crippen LogP contribution < -0.4 is 0 Å². The minimum atomic E-state index is -6.78. The highest BCUT2D eigenvalue weighted by Crippen LogP contribution is 2.49. The molecule has 0 rings (SSSR count). The Kier molecular flexibility index (Phi) is 3.97. The summed E-state index contributed by atoms with van der Waals surface area (Å²) >= 11 is 0. The van der Waals surface area contributed by atoms with Crippen LogP contribution in [0, 0.1) is 0 Å². The molecule has 0 aromatic heterocycles. The number of halogens is 11. The quantitative estimate of drug-likeness (QED) is 0.684. The van der Waals surface area contributed by atoms with Gasteiger partial charge in [-0.15, -0.1) is 0 Å². The van der Waals surface area contributed by atoms with E-state index in [-0.39, 0.29) is 0 Å². The Bertz CT molecular complexity index is 258. The fourth-order valence-electron chi connectivity index (χ4n) is 0.676. The van der Waals surface area contributed by atoms with Crippen molar-refractivity contribution in [2.45, 2.75) is 36.8 Å². The summed E-state index contributed by atoms with van der Waals surface area (Å²) in [7, 11) is 0. The Balaban J connectivity index is 5.04. The number of alkyl halides is 11. The predicted octanol–water partition coefficient (Wildman–Crippen LogP) is 4.11. The molecule has 0 radical (unpaired) electrons. The molecule has 0 aliphatic carbocycles. The molecular weight excluding hydrogens is 281 g/mol. The highest BCUT2D eigenvalue weighted by Gasteiger charge is 2.73. The summed E-state index contributed by atoms with van der Waals surface area (Å²) in [4.78, 5) is 0. The Labute approximate surface area is 86.4 Å². The SMILES string of the molecule is FC(CC(F)(F)C(F)(F)C(F)(F)F)C(F)(F)F. The van der Waals surface area contributed by atoms with Crippen molar-refractivity contribution in [1.82, 2.24) is 0 Å². The van der Waals surface area contributed by atoms with Crippen LogP contribution in [0.2, 0.25) is 0 Å². The van der Waals surface area contributed by atoms with E-state index in [1.165, 1.54) is 0 Å². The van der Waals surface area contributed by atoms with E-state index in [0.717, 1.165) is 0 Å². The van der Waals surface area contributed by atoms with Gasteiger partial charge in [-0.2, -0.15) is 43.9 Å². The van der Waals surface area contributed by atoms with Gasteiger partial charge >= 0.3 is 24.2 Å². The maximum Gasteiger partial charge on any atom is 0.459 e. The molecule has 0 N–H and O–H groups in total. The minimum Gasteiger partial charge on any atom is -0.237 e. The van der Waals surface area contributed by atoms with E-state index in [1.807, 2.05) is 0 Å². The minimum absolute atomic E-state index is 3.30. The molecule has 1 unspecified atom stereocenters. The van der Waals surface area contributed by atoms with Gasteiger partial charge in [0.25, 0.3) is 0 Å². The third-order valence-electron chi connectivity index (χ3n) is 1.61. The predicted molar refractivity (Wildman–Crippen MR) is 31.5 cm³/mol. The van der Waals surface area contributed by atoms with Gasteiger partial charge in [-0.25, -0.2) is 4.39 Å². The molecule has 0 aliphatic heterocycles. The molecule has 0 saturated heterocycles. The maximum atomic E-state index is 12.3. The number of hydrogen-bond donors (Lipinski definition) is 0. The summed E-state index contributed by atoms with van der Waals surface area (Å²) in [6.07, 6.45) is -20.5. The third-order valence-corrected chi connectivity index (χ3v) is 1.61. The van der Waals surface area contributed by atoms with Crippen LogP contribution in [0.1, 0.15) is 6.42 Å². The van der Waals surface area contributed by atoms with Crippen LogP contribution in [0.5, 0.6) is 0 Å². The smallest absolute Gasteiger partial charge is 0.237 e. The van der Waals surface area contributed by atoms with Gasteiger partial charge in [0.05, 0.1) is 6.42 Å². The lowest BCUT2D eigenvalue weighted by Crippen LogP contribution is -2.53. The molecule has 104 valence electrons. The highest BCUT2D eigenvalue weighted by molar-refractivity contribution is 4.93. The standard InChI is InChI=1S/C6H3F11/c7-2(4(10,11)12)1-3(8,9)5(13,14)6(15,16)17/h2H,1H2. The first-order valence-corrected chi connectivity index (χ1v) is 3.66. The van der Waals surface area contributed by atoms with Gasteiger partial charge in [0.2, 0.25) is 6.17 Å². The van der Waals surface area contributed by atoms with Crippen LogP contribution in [0.4, 0.5) is 48.3 Å². The first-order chi connectivity index (χ1) is 7.13. The van der Waals surface area contributed by atoms with Crippen molar-refractivity contribution in [3.63, 3.8) is 0 Å². The normalized spacial score (nSPS) is 17.1. The van der Waals surface area contributed by atoms with Crippen molar-refractivity contribution in [3.05, 3.63) is 0 Å². The average molecular weight is 284 g/mol. The summed E-state index contributed by atoms with van der Waals surface area (Å²) in [5, 5.41) is 0. The topological polar surface area (TPSA) is 0 Å². The summed E-state index contributed by atoms with van der Waals surface area (Å²) < 4.78 is 129. The first-order valence-electron chi connectivity index (χ1n) is 3.66. The van der Waals surface area contributed by atoms with Crippen molar-refractivity contribution in [2.75, 3.05) is 0 Å². The van der Waals surface area contributed by atoms with Gasteiger partial charge < -0.3 is 0 Å². The molecule has 0 saturated carbocycles. The lowest BCUT2D eigenvalue weighted by atomic mass is 10.0. The molecule has 1 atom stereocenters. The van der Waals surface area contributed by atoms with E-state index in [2.05, 4.69) is 0 Å². The van der Waals surface area contributed by atoms with Crippen molar-refractivity contribution in [3.8, 4) is 0 Å². The molecule has 0 aromatic rings. The third kappa shape index (κ3) is 3.35. The summed E-state index contributed by atoms with van der Waals surface area (Å²) in [5.74, 6) is -12.9. The van der Waals surface area contributed by atoms with E-state index in [9.17, 15) is 48.3 Å². The molecule has 0 spiro atoms. The maximum absolute atomic E-state index is 12.3. The van der Waals surface area contributed by atoms with Crippen molar-refractivity contribution in [1.29, 1.82) is 0 Å². The Morgan fingerprint density at radius 1 is 0.706 bits per heavy atom. The van der Waals surface area contributed by atoms with Crippen LogP contribution in [-0.2, 0) is 0 Å². The molecule has 0 nitrogen and oxygen atoms in total. The van der Waals surface area contributed by atoms with Crippen molar-refractivity contribution < 1.29 is 48.3 Å². The van der Waals surface area contributed by atoms with Gasteiger partial charge in [0.1, 0.15) is 0 Å². The molecule has 0 bridgehead atoms. The van der Waals surface area contributed by atoms with E-state index >= 15 is 0 Å². The zero-order chi connectivity index (χ0) is 14.3. The Hall–Kier alpha value is -0.770. The van der Waals surface area contributed by atoms with Crippen LogP contribution >= 0.6 is 0 Å². The second kappa shape index (κ2) is 4.16. The molecular formula is C6H3F11. The van der Waals surface area contributed by atoms with Gasteiger partial charge in [0, 0.05) is 0 Å². The molecule has 0 aromatic carbocycles. The van der Waals surface area contributed by atoms with Crippen LogP contribution in [0.3, 0.4) is 0 Å². The van der Waals surface area contributed by atoms with E-state index in [4.69, 9.17) is 0 Å². The zero-order valence-corrected chi connectivity index (χ0v) is 7.44. The largest absolute Gasteiger partial charge is 0.459 e. The van der Waals surface area contributed by atoms with Crippen molar-refractivity contribution >= 4 is 0 Å². The van der Waals surface area contributed by atoms with E-state index in [0.29, 0.717) is 0 Å². The Morgan fingerprint density at radius 3 is 1.29 bits per heavy atom.